The van der Waals surface area contributed by atoms with E-state index in [4.69, 9.17) is 22.1 Å². The summed E-state index contributed by atoms with van der Waals surface area (Å²) in [6.07, 6.45) is -0.424. The Morgan fingerprint density at radius 1 is 1.47 bits per heavy atom. The van der Waals surface area contributed by atoms with E-state index >= 15 is 0 Å². The normalized spacial score (nSPS) is 11.9. The van der Waals surface area contributed by atoms with E-state index in [9.17, 15) is 9.59 Å². The van der Waals surface area contributed by atoms with Gasteiger partial charge in [-0.25, -0.2) is 0 Å². The molecule has 0 unspecified atom stereocenters. The number of primary amides is 1. The highest BCUT2D eigenvalue weighted by Gasteiger charge is 2.16. The summed E-state index contributed by atoms with van der Waals surface area (Å²) >= 11 is 5.99. The molecule has 3 N–H and O–H groups in total. The Morgan fingerprint density at radius 2 is 2.12 bits per heavy atom. The van der Waals surface area contributed by atoms with E-state index in [0.29, 0.717) is 5.02 Å². The average Bonchev–Trinajstić information content (AvgIpc) is 2.31. The van der Waals surface area contributed by atoms with E-state index in [2.05, 4.69) is 5.32 Å². The zero-order valence-corrected chi connectivity index (χ0v) is 10.0. The van der Waals surface area contributed by atoms with Gasteiger partial charge >= 0.3 is 11.8 Å². The summed E-state index contributed by atoms with van der Waals surface area (Å²) < 4.78 is 5.20. The number of rotatable bonds is 4. The van der Waals surface area contributed by atoms with Crippen molar-refractivity contribution in [2.75, 3.05) is 13.7 Å². The van der Waals surface area contributed by atoms with Crippen molar-refractivity contribution in [3.63, 3.8) is 0 Å². The maximum atomic E-state index is 11.0. The fourth-order valence-corrected chi connectivity index (χ4v) is 1.59. The summed E-state index contributed by atoms with van der Waals surface area (Å²) in [5.41, 5.74) is 5.55. The van der Waals surface area contributed by atoms with Crippen molar-refractivity contribution >= 4 is 23.4 Å². The lowest BCUT2D eigenvalue weighted by molar-refractivity contribution is -0.137. The Morgan fingerprint density at radius 3 is 2.65 bits per heavy atom. The second kappa shape index (κ2) is 6.22. The van der Waals surface area contributed by atoms with Crippen molar-refractivity contribution in [2.24, 2.45) is 5.73 Å². The molecule has 17 heavy (non-hydrogen) atoms. The molecule has 0 saturated heterocycles. The van der Waals surface area contributed by atoms with Gasteiger partial charge in [0.05, 0.1) is 0 Å². The lowest BCUT2D eigenvalue weighted by Gasteiger charge is -2.17. The summed E-state index contributed by atoms with van der Waals surface area (Å²) in [5.74, 6) is -1.88. The first-order valence-corrected chi connectivity index (χ1v) is 5.29. The molecule has 0 aliphatic carbocycles. The summed E-state index contributed by atoms with van der Waals surface area (Å²) in [6.45, 7) is 0.127. The number of halogens is 1. The Hall–Kier alpha value is -1.59. The molecular weight excluding hydrogens is 244 g/mol. The molecule has 0 aliphatic rings. The third-order valence-corrected chi connectivity index (χ3v) is 2.55. The van der Waals surface area contributed by atoms with Crippen molar-refractivity contribution in [2.45, 2.75) is 6.10 Å². The molecule has 92 valence electrons. The van der Waals surface area contributed by atoms with Crippen LogP contribution in [0.3, 0.4) is 0 Å². The number of carbonyl (C=O) groups is 2. The van der Waals surface area contributed by atoms with Crippen LogP contribution in [0.4, 0.5) is 0 Å². The number of nitrogens with one attached hydrogen (secondary N) is 1. The Bertz CT molecular complexity index is 423. The molecule has 0 radical (unpaired) electrons. The zero-order valence-electron chi connectivity index (χ0n) is 9.27. The number of amides is 2. The van der Waals surface area contributed by atoms with Gasteiger partial charge in [-0.2, -0.15) is 0 Å². The highest BCUT2D eigenvalue weighted by Crippen LogP contribution is 2.24. The van der Waals surface area contributed by atoms with Crippen molar-refractivity contribution in [3.8, 4) is 0 Å². The molecule has 0 fully saturated rings. The average molecular weight is 257 g/mol. The quantitative estimate of drug-likeness (QED) is 0.776. The van der Waals surface area contributed by atoms with Gasteiger partial charge in [-0.1, -0.05) is 29.8 Å². The van der Waals surface area contributed by atoms with Crippen LogP contribution in [0.5, 0.6) is 0 Å². The van der Waals surface area contributed by atoms with Crippen molar-refractivity contribution < 1.29 is 14.3 Å². The standard InChI is InChI=1S/C11H13ClN2O3/c1-17-9(6-14-11(16)10(13)15)7-4-2-3-5-8(7)12/h2-5,9H,6H2,1H3,(H2,13,15)(H,14,16)/t9-/m1/s1. The fourth-order valence-electron chi connectivity index (χ4n) is 1.33. The van der Waals surface area contributed by atoms with Gasteiger partial charge in [0.25, 0.3) is 0 Å². The van der Waals surface area contributed by atoms with Gasteiger partial charge in [-0.05, 0) is 6.07 Å². The van der Waals surface area contributed by atoms with Crippen LogP contribution in [-0.2, 0) is 14.3 Å². The first-order valence-electron chi connectivity index (χ1n) is 4.91. The molecule has 1 aromatic carbocycles. The molecule has 2 amide bonds. The first kappa shape index (κ1) is 13.5. The molecule has 0 spiro atoms. The van der Waals surface area contributed by atoms with E-state index in [0.717, 1.165) is 5.56 Å². The molecule has 0 bridgehead atoms. The molecule has 0 aliphatic heterocycles. The zero-order chi connectivity index (χ0) is 12.8. The SMILES string of the molecule is CO[C@H](CNC(=O)C(N)=O)c1ccccc1Cl. The van der Waals surface area contributed by atoms with Crippen LogP contribution >= 0.6 is 11.6 Å². The van der Waals surface area contributed by atoms with Crippen LogP contribution in [-0.4, -0.2) is 25.5 Å². The van der Waals surface area contributed by atoms with Crippen molar-refractivity contribution in [1.82, 2.24) is 5.32 Å². The number of nitrogens with two attached hydrogens (primary N) is 1. The summed E-state index contributed by atoms with van der Waals surface area (Å²) in [6, 6.07) is 7.11. The van der Waals surface area contributed by atoms with E-state index in [1.54, 1.807) is 18.2 Å². The number of hydrogen-bond donors (Lipinski definition) is 2. The smallest absolute Gasteiger partial charge is 0.309 e. The predicted molar refractivity (Wildman–Crippen MR) is 63.4 cm³/mol. The Balaban J connectivity index is 2.70. The van der Waals surface area contributed by atoms with E-state index in [1.807, 2.05) is 6.07 Å². The number of ether oxygens (including phenoxy) is 1. The first-order chi connectivity index (χ1) is 8.06. The fraction of sp³-hybridized carbons (Fsp3) is 0.273. The van der Waals surface area contributed by atoms with Gasteiger partial charge in [0, 0.05) is 24.2 Å². The van der Waals surface area contributed by atoms with Gasteiger partial charge in [-0.15, -0.1) is 0 Å². The third-order valence-electron chi connectivity index (χ3n) is 2.21. The third kappa shape index (κ3) is 3.72. The number of carbonyl (C=O) groups excluding carboxylic acids is 2. The van der Waals surface area contributed by atoms with Crippen LogP contribution in [0.1, 0.15) is 11.7 Å². The monoisotopic (exact) mass is 256 g/mol. The topological polar surface area (TPSA) is 81.4 Å². The molecule has 5 nitrogen and oxygen atoms in total. The second-order valence-corrected chi connectivity index (χ2v) is 3.73. The lowest BCUT2D eigenvalue weighted by Crippen LogP contribution is -2.38. The summed E-state index contributed by atoms with van der Waals surface area (Å²) in [4.78, 5) is 21.6. The largest absolute Gasteiger partial charge is 0.375 e. The number of benzene rings is 1. The van der Waals surface area contributed by atoms with Crippen LogP contribution in [0, 0.1) is 0 Å². The van der Waals surface area contributed by atoms with E-state index in [1.165, 1.54) is 7.11 Å². The second-order valence-electron chi connectivity index (χ2n) is 3.32. The molecule has 0 saturated carbocycles. The van der Waals surface area contributed by atoms with Gasteiger partial charge in [0.15, 0.2) is 0 Å². The highest BCUT2D eigenvalue weighted by molar-refractivity contribution is 6.34. The van der Waals surface area contributed by atoms with Crippen LogP contribution in [0.25, 0.3) is 0 Å². The van der Waals surface area contributed by atoms with Gasteiger partial charge in [0.1, 0.15) is 6.10 Å². The van der Waals surface area contributed by atoms with Gasteiger partial charge in [-0.3, -0.25) is 9.59 Å². The van der Waals surface area contributed by atoms with E-state index in [-0.39, 0.29) is 6.54 Å². The molecule has 0 heterocycles. The molecule has 1 aromatic rings. The van der Waals surface area contributed by atoms with Crippen LogP contribution < -0.4 is 11.1 Å². The minimum Gasteiger partial charge on any atom is -0.375 e. The highest BCUT2D eigenvalue weighted by atomic mass is 35.5. The van der Waals surface area contributed by atoms with Gasteiger partial charge in [0.2, 0.25) is 0 Å². The van der Waals surface area contributed by atoms with E-state index < -0.39 is 17.9 Å². The Labute approximate surface area is 104 Å². The minimum atomic E-state index is -1.03. The molecule has 1 rings (SSSR count). The van der Waals surface area contributed by atoms with Crippen molar-refractivity contribution in [3.05, 3.63) is 34.9 Å². The predicted octanol–water partition coefficient (Wildman–Crippen LogP) is 0.629. The summed E-state index contributed by atoms with van der Waals surface area (Å²) in [7, 11) is 1.49. The maximum absolute atomic E-state index is 11.0. The molecular formula is C11H13ClN2O3. The number of methoxy groups -OCH3 is 1. The van der Waals surface area contributed by atoms with Gasteiger partial charge < -0.3 is 15.8 Å². The molecule has 0 aromatic heterocycles. The van der Waals surface area contributed by atoms with Crippen molar-refractivity contribution in [1.29, 1.82) is 0 Å². The molecule has 1 atom stereocenters. The summed E-state index contributed by atoms with van der Waals surface area (Å²) in [5, 5.41) is 2.90. The lowest BCUT2D eigenvalue weighted by atomic mass is 10.1. The minimum absolute atomic E-state index is 0.127. The molecule has 6 heteroatoms. The van der Waals surface area contributed by atoms with Crippen LogP contribution in [0.2, 0.25) is 5.02 Å². The maximum Gasteiger partial charge on any atom is 0.309 e. The Kier molecular flexibility index (Phi) is 4.93. The van der Waals surface area contributed by atoms with Crippen LogP contribution in [0.15, 0.2) is 24.3 Å². The number of hydrogen-bond acceptors (Lipinski definition) is 3.